The molecule has 0 atom stereocenters. The largest absolute Gasteiger partial charge is 0.378 e. The number of benzene rings is 2. The Hall–Kier alpha value is -3.45. The highest BCUT2D eigenvalue weighted by molar-refractivity contribution is 6.03. The zero-order chi connectivity index (χ0) is 20.1. The maximum Gasteiger partial charge on any atom is 0.258 e. The van der Waals surface area contributed by atoms with Crippen molar-refractivity contribution in [3.63, 3.8) is 0 Å². The average Bonchev–Trinajstić information content (AvgIpc) is 2.75. The van der Waals surface area contributed by atoms with E-state index in [0.717, 1.165) is 48.9 Å². The number of hydrogen-bond donors (Lipinski definition) is 2. The second kappa shape index (κ2) is 8.70. The third kappa shape index (κ3) is 4.70. The summed E-state index contributed by atoms with van der Waals surface area (Å²) in [7, 11) is 0. The lowest BCUT2D eigenvalue weighted by molar-refractivity contribution is 0.102. The molecule has 2 heterocycles. The van der Waals surface area contributed by atoms with Crippen molar-refractivity contribution >= 4 is 28.9 Å². The van der Waals surface area contributed by atoms with Gasteiger partial charge in [-0.3, -0.25) is 4.79 Å². The molecule has 0 unspecified atom stereocenters. The van der Waals surface area contributed by atoms with E-state index in [-0.39, 0.29) is 5.91 Å². The fourth-order valence-electron chi connectivity index (χ4n) is 3.22. The van der Waals surface area contributed by atoms with Crippen LogP contribution in [0.4, 0.5) is 23.0 Å². The topological polar surface area (TPSA) is 79.4 Å². The molecule has 2 aromatic carbocycles. The Kier molecular flexibility index (Phi) is 5.67. The van der Waals surface area contributed by atoms with Crippen LogP contribution in [0.25, 0.3) is 0 Å². The summed E-state index contributed by atoms with van der Waals surface area (Å²) in [5, 5.41) is 6.12. The number of aromatic nitrogens is 2. The molecule has 3 aromatic rings. The van der Waals surface area contributed by atoms with Gasteiger partial charge in [-0.1, -0.05) is 24.3 Å². The van der Waals surface area contributed by atoms with E-state index >= 15 is 0 Å². The number of carbonyl (C=O) groups excluding carboxylic acids is 1. The van der Waals surface area contributed by atoms with Crippen molar-refractivity contribution in [1.82, 2.24) is 9.97 Å². The number of amides is 1. The number of nitrogens with one attached hydrogen (secondary N) is 2. The molecular weight excluding hydrogens is 366 g/mol. The first-order chi connectivity index (χ1) is 14.2. The number of morpholine rings is 1. The molecule has 0 aliphatic carbocycles. The summed E-state index contributed by atoms with van der Waals surface area (Å²) in [5.41, 5.74) is 4.24. The first kappa shape index (κ1) is 18.9. The monoisotopic (exact) mass is 389 g/mol. The van der Waals surface area contributed by atoms with Crippen molar-refractivity contribution in [2.75, 3.05) is 41.8 Å². The van der Waals surface area contributed by atoms with Crippen LogP contribution in [0.2, 0.25) is 0 Å². The van der Waals surface area contributed by atoms with Crippen molar-refractivity contribution in [2.24, 2.45) is 0 Å². The third-order valence-corrected chi connectivity index (χ3v) is 4.69. The van der Waals surface area contributed by atoms with Crippen LogP contribution >= 0.6 is 0 Å². The molecule has 0 spiro atoms. The van der Waals surface area contributed by atoms with Crippen LogP contribution in [0.3, 0.4) is 0 Å². The van der Waals surface area contributed by atoms with Gasteiger partial charge in [-0.15, -0.1) is 0 Å². The van der Waals surface area contributed by atoms with E-state index in [2.05, 4.69) is 31.6 Å². The summed E-state index contributed by atoms with van der Waals surface area (Å²) in [6.45, 7) is 5.11. The molecule has 29 heavy (non-hydrogen) atoms. The van der Waals surface area contributed by atoms with Gasteiger partial charge in [0.1, 0.15) is 0 Å². The molecule has 0 radical (unpaired) electrons. The minimum Gasteiger partial charge on any atom is -0.378 e. The van der Waals surface area contributed by atoms with Gasteiger partial charge in [-0.05, 0) is 36.8 Å². The summed E-state index contributed by atoms with van der Waals surface area (Å²) in [5.74, 6) is 0.202. The molecular formula is C22H23N5O2. The zero-order valence-electron chi connectivity index (χ0n) is 16.3. The van der Waals surface area contributed by atoms with Crippen LogP contribution in [0, 0.1) is 6.92 Å². The fourth-order valence-corrected chi connectivity index (χ4v) is 3.22. The van der Waals surface area contributed by atoms with Crippen molar-refractivity contribution in [2.45, 2.75) is 6.92 Å². The normalized spacial score (nSPS) is 13.8. The summed E-state index contributed by atoms with van der Waals surface area (Å²) in [4.78, 5) is 23.3. The van der Waals surface area contributed by atoms with E-state index in [4.69, 9.17) is 4.74 Å². The molecule has 1 fully saturated rings. The van der Waals surface area contributed by atoms with Gasteiger partial charge in [0.15, 0.2) is 0 Å². The molecule has 1 amide bonds. The van der Waals surface area contributed by atoms with Crippen LogP contribution in [0.1, 0.15) is 15.9 Å². The van der Waals surface area contributed by atoms with Crippen LogP contribution in [0.5, 0.6) is 0 Å². The quantitative estimate of drug-likeness (QED) is 0.694. The number of hydrogen-bond acceptors (Lipinski definition) is 6. The van der Waals surface area contributed by atoms with E-state index in [0.29, 0.717) is 11.5 Å². The SMILES string of the molecule is Cc1cccc(NC(=O)c2cnc(Nc3ccccc3N3CCOCC3)nc2)c1. The molecule has 1 saturated heterocycles. The Bertz CT molecular complexity index is 985. The maximum atomic E-state index is 12.4. The molecule has 7 heteroatoms. The van der Waals surface area contributed by atoms with E-state index in [1.165, 1.54) is 12.4 Å². The second-order valence-corrected chi connectivity index (χ2v) is 6.86. The molecule has 1 aliphatic rings. The predicted octanol–water partition coefficient (Wildman–Crippen LogP) is 3.62. The fraction of sp³-hybridized carbons (Fsp3) is 0.227. The number of ether oxygens (including phenoxy) is 1. The van der Waals surface area contributed by atoms with Crippen LogP contribution in [0.15, 0.2) is 60.9 Å². The lowest BCUT2D eigenvalue weighted by atomic mass is 10.2. The van der Waals surface area contributed by atoms with Gasteiger partial charge in [0.25, 0.3) is 5.91 Å². The number of carbonyl (C=O) groups is 1. The third-order valence-electron chi connectivity index (χ3n) is 4.69. The van der Waals surface area contributed by atoms with E-state index < -0.39 is 0 Å². The van der Waals surface area contributed by atoms with Gasteiger partial charge in [-0.2, -0.15) is 0 Å². The van der Waals surface area contributed by atoms with Crippen molar-refractivity contribution in [3.8, 4) is 0 Å². The summed E-state index contributed by atoms with van der Waals surface area (Å²) in [6.07, 6.45) is 3.05. The van der Waals surface area contributed by atoms with Crippen molar-refractivity contribution < 1.29 is 9.53 Å². The van der Waals surface area contributed by atoms with E-state index in [1.54, 1.807) is 0 Å². The smallest absolute Gasteiger partial charge is 0.258 e. The first-order valence-electron chi connectivity index (χ1n) is 9.58. The number of anilines is 4. The predicted molar refractivity (Wildman–Crippen MR) is 114 cm³/mol. The Morgan fingerprint density at radius 3 is 2.55 bits per heavy atom. The van der Waals surface area contributed by atoms with Gasteiger partial charge < -0.3 is 20.3 Å². The van der Waals surface area contributed by atoms with Crippen molar-refractivity contribution in [3.05, 3.63) is 72.1 Å². The van der Waals surface area contributed by atoms with E-state index in [1.807, 2.05) is 49.4 Å². The molecule has 0 saturated carbocycles. The Morgan fingerprint density at radius 2 is 1.79 bits per heavy atom. The highest BCUT2D eigenvalue weighted by Crippen LogP contribution is 2.28. The summed E-state index contributed by atoms with van der Waals surface area (Å²) >= 11 is 0. The van der Waals surface area contributed by atoms with Crippen LogP contribution in [-0.2, 0) is 4.74 Å². The van der Waals surface area contributed by atoms with Crippen LogP contribution < -0.4 is 15.5 Å². The second-order valence-electron chi connectivity index (χ2n) is 6.86. The number of nitrogens with zero attached hydrogens (tertiary/aromatic N) is 3. The average molecular weight is 389 g/mol. The van der Waals surface area contributed by atoms with Gasteiger partial charge in [0, 0.05) is 31.2 Å². The Morgan fingerprint density at radius 1 is 1.03 bits per heavy atom. The number of para-hydroxylation sites is 2. The minimum absolute atomic E-state index is 0.240. The molecule has 1 aromatic heterocycles. The first-order valence-corrected chi connectivity index (χ1v) is 9.58. The number of aryl methyl sites for hydroxylation is 1. The maximum absolute atomic E-state index is 12.4. The molecule has 1 aliphatic heterocycles. The molecule has 2 N–H and O–H groups in total. The number of rotatable bonds is 5. The molecule has 4 rings (SSSR count). The minimum atomic E-state index is -0.240. The van der Waals surface area contributed by atoms with E-state index in [9.17, 15) is 4.79 Å². The molecule has 0 bridgehead atoms. The zero-order valence-corrected chi connectivity index (χ0v) is 16.3. The van der Waals surface area contributed by atoms with Gasteiger partial charge in [0.05, 0.1) is 30.2 Å². The Labute approximate surface area is 169 Å². The summed E-state index contributed by atoms with van der Waals surface area (Å²) in [6, 6.07) is 15.7. The van der Waals surface area contributed by atoms with Crippen LogP contribution in [-0.4, -0.2) is 42.2 Å². The molecule has 148 valence electrons. The van der Waals surface area contributed by atoms with Gasteiger partial charge in [0.2, 0.25) is 5.95 Å². The lowest BCUT2D eigenvalue weighted by Gasteiger charge is -2.30. The highest BCUT2D eigenvalue weighted by atomic mass is 16.5. The van der Waals surface area contributed by atoms with Gasteiger partial charge in [-0.25, -0.2) is 9.97 Å². The highest BCUT2D eigenvalue weighted by Gasteiger charge is 2.15. The van der Waals surface area contributed by atoms with Crippen molar-refractivity contribution in [1.29, 1.82) is 0 Å². The summed E-state index contributed by atoms with van der Waals surface area (Å²) < 4.78 is 5.44. The van der Waals surface area contributed by atoms with Gasteiger partial charge >= 0.3 is 0 Å². The molecule has 7 nitrogen and oxygen atoms in total. The Balaban J connectivity index is 1.45. The lowest BCUT2D eigenvalue weighted by Crippen LogP contribution is -2.36. The standard InChI is InChI=1S/C22H23N5O2/c1-16-5-4-6-18(13-16)25-21(28)17-14-23-22(24-15-17)26-19-7-2-3-8-20(19)27-9-11-29-12-10-27/h2-8,13-15H,9-12H2,1H3,(H,25,28)(H,23,24,26).